The van der Waals surface area contributed by atoms with Gasteiger partial charge in [0.2, 0.25) is 17.5 Å². The number of nitrogens with zero attached hydrogens (tertiary/aromatic N) is 4. The molecule has 1 aromatic heterocycles. The number of allylic oxidation sites excluding steroid dienone is 2. The van der Waals surface area contributed by atoms with Gasteiger partial charge in [-0.3, -0.25) is 14.5 Å². The first kappa shape index (κ1) is 26.7. The molecule has 3 heterocycles. The van der Waals surface area contributed by atoms with Crippen molar-refractivity contribution in [1.29, 1.82) is 0 Å². The zero-order valence-electron chi connectivity index (χ0n) is 23.8. The molecule has 3 N–H and O–H groups in total. The predicted molar refractivity (Wildman–Crippen MR) is 150 cm³/mol. The van der Waals surface area contributed by atoms with Crippen molar-refractivity contribution in [1.82, 2.24) is 20.2 Å². The van der Waals surface area contributed by atoms with Gasteiger partial charge in [0.1, 0.15) is 17.7 Å². The number of rotatable bonds is 6. The number of ketones is 2. The minimum Gasteiger partial charge on any atom is -0.473 e. The van der Waals surface area contributed by atoms with E-state index in [4.69, 9.17) is 15.5 Å². The number of carbonyl (C=O) groups excluding carboxylic acids is 2. The molecule has 5 aliphatic rings. The van der Waals surface area contributed by atoms with E-state index in [1.807, 2.05) is 6.07 Å². The van der Waals surface area contributed by atoms with Crippen LogP contribution in [-0.4, -0.2) is 76.8 Å². The number of nitrogens with one attached hydrogen (secondary N) is 1. The average molecular weight is 537 g/mol. The Morgan fingerprint density at radius 3 is 2.67 bits per heavy atom. The highest BCUT2D eigenvalue weighted by Gasteiger charge is 2.48. The number of aromatic nitrogens is 2. The van der Waals surface area contributed by atoms with Crippen LogP contribution in [-0.2, 0) is 4.79 Å². The summed E-state index contributed by atoms with van der Waals surface area (Å²) in [6, 6.07) is 2.53. The fraction of sp³-hybridized carbons (Fsp3) is 0.733. The fourth-order valence-corrected chi connectivity index (χ4v) is 7.67. The molecule has 9 nitrogen and oxygen atoms in total. The van der Waals surface area contributed by atoms with Gasteiger partial charge < -0.3 is 20.7 Å². The van der Waals surface area contributed by atoms with Crippen LogP contribution < -0.4 is 20.7 Å². The van der Waals surface area contributed by atoms with Crippen molar-refractivity contribution in [3.63, 3.8) is 0 Å². The predicted octanol–water partition coefficient (Wildman–Crippen LogP) is 3.38. The Morgan fingerprint density at radius 1 is 1.15 bits per heavy atom. The highest BCUT2D eigenvalue weighted by atomic mass is 16.5. The lowest BCUT2D eigenvalue weighted by Gasteiger charge is -2.40. The van der Waals surface area contributed by atoms with E-state index in [2.05, 4.69) is 41.0 Å². The smallest absolute Gasteiger partial charge is 0.228 e. The highest BCUT2D eigenvalue weighted by Crippen LogP contribution is 2.47. The third-order valence-corrected chi connectivity index (χ3v) is 9.97. The minimum absolute atomic E-state index is 0.0676. The van der Waals surface area contributed by atoms with Crippen LogP contribution in [0, 0.1) is 5.41 Å². The van der Waals surface area contributed by atoms with Crippen molar-refractivity contribution in [2.24, 2.45) is 11.1 Å². The first-order chi connectivity index (χ1) is 18.7. The van der Waals surface area contributed by atoms with E-state index in [0.29, 0.717) is 42.1 Å². The number of hydrogen-bond donors (Lipinski definition) is 2. The molecule has 2 aliphatic heterocycles. The second kappa shape index (κ2) is 10.1. The van der Waals surface area contributed by atoms with Gasteiger partial charge in [-0.15, -0.1) is 0 Å². The molecule has 2 saturated carbocycles. The van der Waals surface area contributed by atoms with Gasteiger partial charge in [0.05, 0.1) is 5.41 Å². The van der Waals surface area contributed by atoms with Gasteiger partial charge in [0, 0.05) is 54.5 Å². The average Bonchev–Trinajstić information content (AvgIpc) is 3.49. The number of ether oxygens (including phenoxy) is 1. The Morgan fingerprint density at radius 2 is 1.95 bits per heavy atom. The van der Waals surface area contributed by atoms with Crippen molar-refractivity contribution in [2.75, 3.05) is 31.6 Å². The molecule has 2 spiro atoms. The van der Waals surface area contributed by atoms with Crippen molar-refractivity contribution in [3.8, 4) is 5.88 Å². The van der Waals surface area contributed by atoms with Gasteiger partial charge in [-0.2, -0.15) is 4.98 Å². The molecule has 212 valence electrons. The third-order valence-electron chi connectivity index (χ3n) is 9.97. The number of carbonyl (C=O) groups is 2. The van der Waals surface area contributed by atoms with E-state index in [1.54, 1.807) is 0 Å². The first-order valence-corrected chi connectivity index (χ1v) is 15.1. The zero-order chi connectivity index (χ0) is 27.4. The third kappa shape index (κ3) is 4.97. The van der Waals surface area contributed by atoms with Crippen LogP contribution in [0.25, 0.3) is 0 Å². The standard InChI is InChI=1S/C30H44N6O3/c1-19-17-36(18-29(34-19)13-14-29)24-16-25(39-20(2)22-9-7-15-35(22)3)33-28(32-24)26(38)21-8-6-12-30(27(21)31)11-5-4-10-23(30)37/h16,19-20,22,34H,4-15,17-18,31H2,1-3H3/t19-,20-,22-,30+/m0/s1. The van der Waals surface area contributed by atoms with Gasteiger partial charge in [-0.25, -0.2) is 4.98 Å². The van der Waals surface area contributed by atoms with E-state index in [1.165, 1.54) is 0 Å². The maximum atomic E-state index is 14.1. The molecule has 0 radical (unpaired) electrons. The molecule has 3 aliphatic carbocycles. The molecule has 1 aromatic rings. The van der Waals surface area contributed by atoms with Crippen LogP contribution in [0.4, 0.5) is 5.82 Å². The molecule has 0 aromatic carbocycles. The quantitative estimate of drug-likeness (QED) is 0.528. The molecule has 6 rings (SSSR count). The molecule has 4 atom stereocenters. The van der Waals surface area contributed by atoms with E-state index in [-0.39, 0.29) is 29.0 Å². The molecule has 9 heteroatoms. The summed E-state index contributed by atoms with van der Waals surface area (Å²) in [7, 11) is 2.13. The van der Waals surface area contributed by atoms with Gasteiger partial charge in [-0.05, 0) is 85.2 Å². The lowest BCUT2D eigenvalue weighted by molar-refractivity contribution is -0.129. The Bertz CT molecular complexity index is 1180. The normalized spacial score (nSPS) is 31.7. The van der Waals surface area contributed by atoms with Crippen molar-refractivity contribution < 1.29 is 14.3 Å². The highest BCUT2D eigenvalue weighted by molar-refractivity contribution is 6.08. The Labute approximate surface area is 231 Å². The van der Waals surface area contributed by atoms with Gasteiger partial charge >= 0.3 is 0 Å². The van der Waals surface area contributed by atoms with Crippen LogP contribution in [0.1, 0.15) is 95.1 Å². The van der Waals surface area contributed by atoms with Crippen LogP contribution in [0.2, 0.25) is 0 Å². The molecule has 4 fully saturated rings. The molecule has 0 unspecified atom stereocenters. The number of anilines is 1. The summed E-state index contributed by atoms with van der Waals surface area (Å²) < 4.78 is 6.44. The second-order valence-corrected chi connectivity index (χ2v) is 12.9. The zero-order valence-corrected chi connectivity index (χ0v) is 23.8. The van der Waals surface area contributed by atoms with Gasteiger partial charge in [0.25, 0.3) is 0 Å². The summed E-state index contributed by atoms with van der Waals surface area (Å²) in [5, 5.41) is 3.74. The summed E-state index contributed by atoms with van der Waals surface area (Å²) >= 11 is 0. The SMILES string of the molecule is C[C@H](Oc1cc(N2C[C@H](C)NC3(CC3)C2)nc(C(=O)C2=C(N)[C@]3(CCCCC3=O)CCC2)n1)[C@@H]1CCCN1C. The number of hydrogen-bond acceptors (Lipinski definition) is 9. The fourth-order valence-electron chi connectivity index (χ4n) is 7.67. The Kier molecular flexibility index (Phi) is 6.94. The molecule has 0 amide bonds. The second-order valence-electron chi connectivity index (χ2n) is 12.9. The van der Waals surface area contributed by atoms with Crippen LogP contribution in [0.5, 0.6) is 5.88 Å². The topological polar surface area (TPSA) is 114 Å². The minimum atomic E-state index is -0.688. The molecule has 2 saturated heterocycles. The number of Topliss-reactive ketones (excluding diaryl/α,β-unsaturated/α-hetero) is 2. The number of nitrogens with two attached hydrogens (primary N) is 1. The van der Waals surface area contributed by atoms with E-state index >= 15 is 0 Å². The molecular weight excluding hydrogens is 492 g/mol. The van der Waals surface area contributed by atoms with Crippen molar-refractivity contribution in [2.45, 2.75) is 108 Å². The number of piperazine rings is 1. The molecule has 39 heavy (non-hydrogen) atoms. The monoisotopic (exact) mass is 536 g/mol. The van der Waals surface area contributed by atoms with Crippen LogP contribution in [0.3, 0.4) is 0 Å². The number of likely N-dealkylation sites (N-methyl/N-ethyl adjacent to an activating group) is 1. The molecule has 0 bridgehead atoms. The first-order valence-electron chi connectivity index (χ1n) is 15.1. The van der Waals surface area contributed by atoms with Crippen LogP contribution >= 0.6 is 0 Å². The van der Waals surface area contributed by atoms with Gasteiger partial charge in [-0.1, -0.05) is 6.42 Å². The summed E-state index contributed by atoms with van der Waals surface area (Å²) in [4.78, 5) is 41.3. The van der Waals surface area contributed by atoms with E-state index in [0.717, 1.165) is 83.2 Å². The number of likely N-dealkylation sites (tertiary alicyclic amines) is 1. The summed E-state index contributed by atoms with van der Waals surface area (Å²) in [5.41, 5.74) is 7.14. The maximum Gasteiger partial charge on any atom is 0.228 e. The van der Waals surface area contributed by atoms with E-state index < -0.39 is 5.41 Å². The molecular formula is C30H44N6O3. The summed E-state index contributed by atoms with van der Waals surface area (Å²) in [6.45, 7) is 7.00. The van der Waals surface area contributed by atoms with Gasteiger partial charge in [0.15, 0.2) is 0 Å². The van der Waals surface area contributed by atoms with Crippen molar-refractivity contribution >= 4 is 17.4 Å². The Balaban J connectivity index is 1.35. The maximum absolute atomic E-state index is 14.1. The largest absolute Gasteiger partial charge is 0.473 e. The lowest BCUT2D eigenvalue weighted by atomic mass is 9.64. The van der Waals surface area contributed by atoms with Crippen molar-refractivity contribution in [3.05, 3.63) is 23.2 Å². The Hall–Kier alpha value is -2.52. The summed E-state index contributed by atoms with van der Waals surface area (Å²) in [6.07, 6.45) is 9.69. The van der Waals surface area contributed by atoms with Crippen LogP contribution in [0.15, 0.2) is 17.3 Å². The van der Waals surface area contributed by atoms with E-state index in [9.17, 15) is 9.59 Å². The lowest BCUT2D eigenvalue weighted by Crippen LogP contribution is -2.57. The summed E-state index contributed by atoms with van der Waals surface area (Å²) in [5.74, 6) is 1.23.